The average molecular weight is 321 g/mol. The van der Waals surface area contributed by atoms with Crippen LogP contribution in [0.5, 0.6) is 0 Å². The van der Waals surface area contributed by atoms with E-state index in [1.54, 1.807) is 11.3 Å². The molecule has 1 fully saturated rings. The highest BCUT2D eigenvalue weighted by Gasteiger charge is 2.27. The molecule has 3 rings (SSSR count). The van der Waals surface area contributed by atoms with E-state index in [0.29, 0.717) is 23.7 Å². The number of nitrogens with zero attached hydrogens (tertiary/aromatic N) is 4. The summed E-state index contributed by atoms with van der Waals surface area (Å²) in [5.74, 6) is 1.81. The summed E-state index contributed by atoms with van der Waals surface area (Å²) in [4.78, 5) is 11.2. The molecule has 120 valence electrons. The third-order valence-corrected chi connectivity index (χ3v) is 4.91. The summed E-state index contributed by atoms with van der Waals surface area (Å²) in [6.45, 7) is 8.30. The summed E-state index contributed by atoms with van der Waals surface area (Å²) in [5.41, 5.74) is 0. The van der Waals surface area contributed by atoms with E-state index in [9.17, 15) is 0 Å². The van der Waals surface area contributed by atoms with E-state index < -0.39 is 0 Å². The Morgan fingerprint density at radius 2 is 2.14 bits per heavy atom. The first-order chi connectivity index (χ1) is 10.6. The quantitative estimate of drug-likeness (QED) is 0.913. The van der Waals surface area contributed by atoms with Gasteiger partial charge in [0.15, 0.2) is 11.0 Å². The van der Waals surface area contributed by atoms with Crippen LogP contribution in [0.2, 0.25) is 0 Å². The highest BCUT2D eigenvalue weighted by atomic mass is 32.1. The molecule has 3 heterocycles. The van der Waals surface area contributed by atoms with Crippen molar-refractivity contribution in [3.05, 3.63) is 23.3 Å². The standard InChI is InChI=1S/C15H23N5OS/c1-10(2)13(14-17-11(3)19-21-14)18-12-4-7-20(8-5-12)15-16-6-9-22-15/h6,9-10,12-13,18H,4-5,7-8H2,1-3H3/t13-/m0/s1. The molecule has 0 unspecified atom stereocenters. The molecule has 0 aliphatic carbocycles. The van der Waals surface area contributed by atoms with Gasteiger partial charge in [-0.25, -0.2) is 4.98 Å². The van der Waals surface area contributed by atoms with Gasteiger partial charge in [-0.2, -0.15) is 4.98 Å². The summed E-state index contributed by atoms with van der Waals surface area (Å²) < 4.78 is 5.37. The van der Waals surface area contributed by atoms with Crippen molar-refractivity contribution in [3.63, 3.8) is 0 Å². The van der Waals surface area contributed by atoms with Crippen molar-refractivity contribution in [2.45, 2.75) is 45.7 Å². The Bertz CT molecular complexity index is 575. The lowest BCUT2D eigenvalue weighted by atomic mass is 9.99. The maximum atomic E-state index is 5.37. The number of aryl methyl sites for hydroxylation is 1. The fraction of sp³-hybridized carbons (Fsp3) is 0.667. The van der Waals surface area contributed by atoms with E-state index in [1.807, 2.05) is 18.5 Å². The summed E-state index contributed by atoms with van der Waals surface area (Å²) >= 11 is 1.71. The normalized spacial score (nSPS) is 18.1. The van der Waals surface area contributed by atoms with Crippen LogP contribution in [-0.2, 0) is 0 Å². The number of piperidine rings is 1. The van der Waals surface area contributed by atoms with Crippen LogP contribution < -0.4 is 10.2 Å². The lowest BCUT2D eigenvalue weighted by Gasteiger charge is -2.34. The molecule has 1 saturated heterocycles. The van der Waals surface area contributed by atoms with Crippen molar-refractivity contribution in [3.8, 4) is 0 Å². The molecular weight excluding hydrogens is 298 g/mol. The zero-order valence-corrected chi connectivity index (χ0v) is 14.1. The first-order valence-electron chi connectivity index (χ1n) is 7.84. The molecule has 22 heavy (non-hydrogen) atoms. The van der Waals surface area contributed by atoms with Crippen LogP contribution in [0.3, 0.4) is 0 Å². The van der Waals surface area contributed by atoms with Crippen LogP contribution in [0.4, 0.5) is 5.13 Å². The van der Waals surface area contributed by atoms with Gasteiger partial charge >= 0.3 is 0 Å². The van der Waals surface area contributed by atoms with E-state index in [-0.39, 0.29) is 6.04 Å². The Morgan fingerprint density at radius 3 is 2.68 bits per heavy atom. The molecular formula is C15H23N5OS. The number of rotatable bonds is 5. The Kier molecular flexibility index (Phi) is 4.73. The van der Waals surface area contributed by atoms with Gasteiger partial charge in [0.2, 0.25) is 5.89 Å². The molecule has 0 saturated carbocycles. The van der Waals surface area contributed by atoms with Gasteiger partial charge in [-0.3, -0.25) is 0 Å². The van der Waals surface area contributed by atoms with Crippen LogP contribution in [0, 0.1) is 12.8 Å². The molecule has 1 aliphatic heterocycles. The zero-order chi connectivity index (χ0) is 15.5. The minimum atomic E-state index is 0.123. The minimum Gasteiger partial charge on any atom is -0.348 e. The summed E-state index contributed by atoms with van der Waals surface area (Å²) in [6, 6.07) is 0.605. The van der Waals surface area contributed by atoms with Crippen molar-refractivity contribution in [1.82, 2.24) is 20.4 Å². The fourth-order valence-electron chi connectivity index (χ4n) is 2.85. The van der Waals surface area contributed by atoms with Gasteiger partial charge in [0, 0.05) is 30.7 Å². The lowest BCUT2D eigenvalue weighted by molar-refractivity contribution is 0.254. The Balaban J connectivity index is 1.58. The third kappa shape index (κ3) is 3.47. The van der Waals surface area contributed by atoms with Crippen LogP contribution in [0.15, 0.2) is 16.1 Å². The molecule has 1 atom stereocenters. The molecule has 6 nitrogen and oxygen atoms in total. The van der Waals surface area contributed by atoms with Crippen molar-refractivity contribution in [1.29, 1.82) is 0 Å². The number of anilines is 1. The van der Waals surface area contributed by atoms with E-state index >= 15 is 0 Å². The van der Waals surface area contributed by atoms with Gasteiger partial charge in [0.25, 0.3) is 0 Å². The second-order valence-corrected chi connectivity index (χ2v) is 7.02. The summed E-state index contributed by atoms with van der Waals surface area (Å²) in [7, 11) is 0. The molecule has 0 aromatic carbocycles. The Morgan fingerprint density at radius 1 is 1.36 bits per heavy atom. The smallest absolute Gasteiger partial charge is 0.244 e. The third-order valence-electron chi connectivity index (χ3n) is 4.08. The number of aromatic nitrogens is 3. The number of hydrogen-bond acceptors (Lipinski definition) is 7. The highest BCUT2D eigenvalue weighted by Crippen LogP contribution is 2.25. The van der Waals surface area contributed by atoms with Crippen LogP contribution in [0.1, 0.15) is 44.4 Å². The molecule has 2 aromatic rings. The topological polar surface area (TPSA) is 67.1 Å². The minimum absolute atomic E-state index is 0.123. The van der Waals surface area contributed by atoms with E-state index in [1.165, 1.54) is 0 Å². The van der Waals surface area contributed by atoms with Crippen LogP contribution in [0.25, 0.3) is 0 Å². The molecule has 2 aromatic heterocycles. The van der Waals surface area contributed by atoms with Crippen LogP contribution >= 0.6 is 11.3 Å². The maximum absolute atomic E-state index is 5.37. The highest BCUT2D eigenvalue weighted by molar-refractivity contribution is 7.13. The van der Waals surface area contributed by atoms with Gasteiger partial charge in [-0.15, -0.1) is 11.3 Å². The first-order valence-corrected chi connectivity index (χ1v) is 8.72. The predicted molar refractivity (Wildman–Crippen MR) is 87.1 cm³/mol. The van der Waals surface area contributed by atoms with E-state index in [4.69, 9.17) is 4.52 Å². The zero-order valence-electron chi connectivity index (χ0n) is 13.3. The van der Waals surface area contributed by atoms with Crippen LogP contribution in [-0.4, -0.2) is 34.3 Å². The second-order valence-electron chi connectivity index (χ2n) is 6.14. The molecule has 1 aliphatic rings. The monoisotopic (exact) mass is 321 g/mol. The summed E-state index contributed by atoms with van der Waals surface area (Å²) in [5, 5.41) is 10.8. The summed E-state index contributed by atoms with van der Waals surface area (Å²) in [6.07, 6.45) is 4.09. The van der Waals surface area contributed by atoms with Gasteiger partial charge in [-0.1, -0.05) is 19.0 Å². The Hall–Kier alpha value is -1.47. The lowest BCUT2D eigenvalue weighted by Crippen LogP contribution is -2.44. The average Bonchev–Trinajstić information content (AvgIpc) is 3.16. The second kappa shape index (κ2) is 6.75. The molecule has 0 amide bonds. The number of thiazole rings is 1. The van der Waals surface area contributed by atoms with Crippen molar-refractivity contribution >= 4 is 16.5 Å². The fourth-order valence-corrected chi connectivity index (χ4v) is 3.55. The van der Waals surface area contributed by atoms with Gasteiger partial charge in [0.1, 0.15) is 0 Å². The molecule has 0 radical (unpaired) electrons. The SMILES string of the molecule is Cc1noc([C@@H](NC2CCN(c3nccs3)CC2)C(C)C)n1. The molecule has 0 spiro atoms. The number of nitrogens with one attached hydrogen (secondary N) is 1. The Labute approximate surface area is 134 Å². The molecule has 1 N–H and O–H groups in total. The van der Waals surface area contributed by atoms with Crippen molar-refractivity contribution < 1.29 is 4.52 Å². The van der Waals surface area contributed by atoms with Gasteiger partial charge in [0.05, 0.1) is 6.04 Å². The van der Waals surface area contributed by atoms with E-state index in [0.717, 1.165) is 31.1 Å². The van der Waals surface area contributed by atoms with Gasteiger partial charge < -0.3 is 14.7 Å². The predicted octanol–water partition coefficient (Wildman–Crippen LogP) is 2.79. The van der Waals surface area contributed by atoms with Gasteiger partial charge in [-0.05, 0) is 25.7 Å². The van der Waals surface area contributed by atoms with E-state index in [2.05, 4.69) is 39.2 Å². The molecule has 0 bridgehead atoms. The largest absolute Gasteiger partial charge is 0.348 e. The van der Waals surface area contributed by atoms with Crippen molar-refractivity contribution in [2.24, 2.45) is 5.92 Å². The molecule has 7 heteroatoms. The number of hydrogen-bond donors (Lipinski definition) is 1. The first kappa shape index (κ1) is 15.4. The maximum Gasteiger partial charge on any atom is 0.244 e. The van der Waals surface area contributed by atoms with Crippen molar-refractivity contribution in [2.75, 3.05) is 18.0 Å².